The molecule has 2 heterocycles. The van der Waals surface area contributed by atoms with Crippen molar-refractivity contribution in [2.75, 3.05) is 6.61 Å². The van der Waals surface area contributed by atoms with E-state index in [0.29, 0.717) is 23.8 Å². The van der Waals surface area contributed by atoms with Gasteiger partial charge in [0.2, 0.25) is 0 Å². The van der Waals surface area contributed by atoms with Crippen molar-refractivity contribution in [2.24, 2.45) is 5.92 Å². The van der Waals surface area contributed by atoms with E-state index in [4.69, 9.17) is 4.74 Å². The van der Waals surface area contributed by atoms with Gasteiger partial charge in [0.25, 0.3) is 0 Å². The first-order valence-electron chi connectivity index (χ1n) is 7.79. The molecule has 0 spiro atoms. The van der Waals surface area contributed by atoms with Crippen molar-refractivity contribution in [2.45, 2.75) is 13.8 Å². The molecule has 0 aliphatic heterocycles. The van der Waals surface area contributed by atoms with E-state index in [1.807, 2.05) is 19.9 Å². The number of nitro benzene ring substituents is 1. The second-order valence-electron chi connectivity index (χ2n) is 5.89. The molecule has 0 radical (unpaired) electrons. The minimum Gasteiger partial charge on any atom is -0.487 e. The predicted molar refractivity (Wildman–Crippen MR) is 92.0 cm³/mol. The summed E-state index contributed by atoms with van der Waals surface area (Å²) in [6, 6.07) is 8.36. The summed E-state index contributed by atoms with van der Waals surface area (Å²) < 4.78 is 5.53. The summed E-state index contributed by atoms with van der Waals surface area (Å²) in [5, 5.41) is 18.3. The molecule has 0 atom stereocenters. The second-order valence-corrected chi connectivity index (χ2v) is 5.89. The van der Waals surface area contributed by atoms with Gasteiger partial charge in [-0.25, -0.2) is 4.98 Å². The van der Waals surface area contributed by atoms with Crippen LogP contribution in [0.5, 0.6) is 5.75 Å². The summed E-state index contributed by atoms with van der Waals surface area (Å²) >= 11 is 0. The maximum atomic E-state index is 11.3. The zero-order valence-corrected chi connectivity index (χ0v) is 13.8. The first kappa shape index (κ1) is 16.6. The Hall–Kier alpha value is -3.29. The van der Waals surface area contributed by atoms with E-state index >= 15 is 0 Å². The van der Waals surface area contributed by atoms with Crippen LogP contribution in [0.4, 0.5) is 5.69 Å². The van der Waals surface area contributed by atoms with Crippen LogP contribution < -0.4 is 4.74 Å². The molecule has 3 aromatic rings. The van der Waals surface area contributed by atoms with Crippen LogP contribution >= 0.6 is 0 Å². The molecular formula is C17H17N5O3. The molecule has 0 saturated carbocycles. The fourth-order valence-electron chi connectivity index (χ4n) is 2.20. The summed E-state index contributed by atoms with van der Waals surface area (Å²) in [6.07, 6.45) is 3.31. The monoisotopic (exact) mass is 339 g/mol. The maximum absolute atomic E-state index is 11.3. The summed E-state index contributed by atoms with van der Waals surface area (Å²) in [5.74, 6) is 1.44. The number of rotatable bonds is 6. The van der Waals surface area contributed by atoms with Crippen molar-refractivity contribution >= 4 is 5.69 Å². The topological polar surface area (TPSA) is 107 Å². The molecule has 2 aromatic heterocycles. The third kappa shape index (κ3) is 3.79. The van der Waals surface area contributed by atoms with Gasteiger partial charge in [-0.15, -0.1) is 0 Å². The van der Waals surface area contributed by atoms with Gasteiger partial charge in [0.1, 0.15) is 0 Å². The highest BCUT2D eigenvalue weighted by Gasteiger charge is 2.18. The molecule has 0 amide bonds. The van der Waals surface area contributed by atoms with Gasteiger partial charge in [-0.2, -0.15) is 5.10 Å². The van der Waals surface area contributed by atoms with E-state index in [1.165, 1.54) is 6.07 Å². The molecule has 0 aliphatic rings. The normalized spacial score (nSPS) is 10.8. The summed E-state index contributed by atoms with van der Waals surface area (Å²) in [5.41, 5.74) is 1.22. The van der Waals surface area contributed by atoms with Crippen molar-refractivity contribution in [1.82, 2.24) is 20.2 Å². The Morgan fingerprint density at radius 3 is 2.80 bits per heavy atom. The van der Waals surface area contributed by atoms with Crippen molar-refractivity contribution in [1.29, 1.82) is 0 Å². The first-order chi connectivity index (χ1) is 12.0. The average Bonchev–Trinajstić information content (AvgIpc) is 3.10. The maximum Gasteiger partial charge on any atom is 0.311 e. The van der Waals surface area contributed by atoms with Crippen LogP contribution in [0, 0.1) is 16.0 Å². The van der Waals surface area contributed by atoms with Gasteiger partial charge < -0.3 is 4.74 Å². The molecule has 0 bridgehead atoms. The van der Waals surface area contributed by atoms with Gasteiger partial charge in [-0.3, -0.25) is 20.2 Å². The van der Waals surface area contributed by atoms with E-state index in [-0.39, 0.29) is 17.4 Å². The van der Waals surface area contributed by atoms with E-state index in [9.17, 15) is 10.1 Å². The second kappa shape index (κ2) is 7.08. The Morgan fingerprint density at radius 1 is 1.28 bits per heavy atom. The lowest BCUT2D eigenvalue weighted by Crippen LogP contribution is -2.06. The van der Waals surface area contributed by atoms with Crippen molar-refractivity contribution < 1.29 is 9.66 Å². The Morgan fingerprint density at radius 2 is 2.12 bits per heavy atom. The van der Waals surface area contributed by atoms with E-state index in [2.05, 4.69) is 20.2 Å². The SMILES string of the molecule is CC(C)COc1ccc(-c2nc(-c3cccnc3)n[nH]2)cc1[N+](=O)[O-]. The molecule has 0 saturated heterocycles. The third-order valence-electron chi connectivity index (χ3n) is 3.41. The molecule has 0 aliphatic carbocycles. The first-order valence-corrected chi connectivity index (χ1v) is 7.79. The van der Waals surface area contributed by atoms with Gasteiger partial charge in [0, 0.05) is 29.6 Å². The van der Waals surface area contributed by atoms with Gasteiger partial charge >= 0.3 is 5.69 Å². The molecule has 1 aromatic carbocycles. The number of aromatic amines is 1. The summed E-state index contributed by atoms with van der Waals surface area (Å²) in [4.78, 5) is 19.3. The van der Waals surface area contributed by atoms with Gasteiger partial charge in [-0.1, -0.05) is 13.8 Å². The summed E-state index contributed by atoms with van der Waals surface area (Å²) in [6.45, 7) is 4.37. The van der Waals surface area contributed by atoms with Gasteiger partial charge in [-0.05, 0) is 30.2 Å². The van der Waals surface area contributed by atoms with Gasteiger partial charge in [0.05, 0.1) is 11.5 Å². The fraction of sp³-hybridized carbons (Fsp3) is 0.235. The number of benzene rings is 1. The quantitative estimate of drug-likeness (QED) is 0.544. The highest BCUT2D eigenvalue weighted by Crippen LogP contribution is 2.32. The Balaban J connectivity index is 1.91. The van der Waals surface area contributed by atoms with Crippen LogP contribution in [-0.2, 0) is 0 Å². The van der Waals surface area contributed by atoms with Crippen molar-refractivity contribution in [3.8, 4) is 28.5 Å². The van der Waals surface area contributed by atoms with E-state index in [1.54, 1.807) is 30.6 Å². The largest absolute Gasteiger partial charge is 0.487 e. The summed E-state index contributed by atoms with van der Waals surface area (Å²) in [7, 11) is 0. The number of hydrogen-bond acceptors (Lipinski definition) is 6. The Kier molecular flexibility index (Phi) is 4.69. The van der Waals surface area contributed by atoms with Crippen LogP contribution in [0.25, 0.3) is 22.8 Å². The number of ether oxygens (including phenoxy) is 1. The lowest BCUT2D eigenvalue weighted by Gasteiger charge is -2.09. The molecule has 8 nitrogen and oxygen atoms in total. The van der Waals surface area contributed by atoms with E-state index < -0.39 is 4.92 Å². The number of nitro groups is 1. The lowest BCUT2D eigenvalue weighted by molar-refractivity contribution is -0.385. The molecular weight excluding hydrogens is 322 g/mol. The number of H-pyrrole nitrogens is 1. The number of pyridine rings is 1. The molecule has 3 rings (SSSR count). The van der Waals surface area contributed by atoms with Crippen molar-refractivity contribution in [3.63, 3.8) is 0 Å². The zero-order chi connectivity index (χ0) is 17.8. The minimum atomic E-state index is -0.461. The molecule has 8 heteroatoms. The molecule has 1 N–H and O–H groups in total. The zero-order valence-electron chi connectivity index (χ0n) is 13.8. The number of nitrogens with one attached hydrogen (secondary N) is 1. The number of hydrogen-bond donors (Lipinski definition) is 1. The van der Waals surface area contributed by atoms with Crippen LogP contribution in [0.1, 0.15) is 13.8 Å². The molecule has 128 valence electrons. The Labute approximate surface area is 144 Å². The third-order valence-corrected chi connectivity index (χ3v) is 3.41. The minimum absolute atomic E-state index is 0.0996. The number of nitrogens with zero attached hydrogens (tertiary/aromatic N) is 4. The smallest absolute Gasteiger partial charge is 0.311 e. The molecule has 25 heavy (non-hydrogen) atoms. The van der Waals surface area contributed by atoms with Crippen molar-refractivity contribution in [3.05, 3.63) is 52.8 Å². The van der Waals surface area contributed by atoms with E-state index in [0.717, 1.165) is 5.56 Å². The van der Waals surface area contributed by atoms with Crippen LogP contribution in [0.3, 0.4) is 0 Å². The number of aromatic nitrogens is 4. The molecule has 0 fully saturated rings. The highest BCUT2D eigenvalue weighted by atomic mass is 16.6. The fourth-order valence-corrected chi connectivity index (χ4v) is 2.20. The van der Waals surface area contributed by atoms with Crippen LogP contribution in [0.2, 0.25) is 0 Å². The average molecular weight is 339 g/mol. The van der Waals surface area contributed by atoms with Gasteiger partial charge in [0.15, 0.2) is 17.4 Å². The Bertz CT molecular complexity index is 877. The van der Waals surface area contributed by atoms with Crippen LogP contribution in [-0.4, -0.2) is 31.7 Å². The predicted octanol–water partition coefficient (Wildman–Crippen LogP) is 3.48. The molecule has 0 unspecified atom stereocenters. The highest BCUT2D eigenvalue weighted by molar-refractivity contribution is 5.65. The van der Waals surface area contributed by atoms with Crippen LogP contribution in [0.15, 0.2) is 42.7 Å². The lowest BCUT2D eigenvalue weighted by atomic mass is 10.1. The standard InChI is InChI=1S/C17H17N5O3/c1-11(2)10-25-15-6-5-12(8-14(15)22(23)24)16-19-17(21-20-16)13-4-3-7-18-9-13/h3-9,11H,10H2,1-2H3,(H,19,20,21).